The molecule has 0 unspecified atom stereocenters. The first-order valence-corrected chi connectivity index (χ1v) is 11.3. The van der Waals surface area contributed by atoms with Crippen molar-refractivity contribution >= 4 is 34.5 Å². The zero-order chi connectivity index (χ0) is 24.1. The van der Waals surface area contributed by atoms with Crippen LogP contribution in [-0.2, 0) is 16.1 Å². The number of thioether (sulfide) groups is 1. The smallest absolute Gasteiger partial charge is 0.337 e. The van der Waals surface area contributed by atoms with Gasteiger partial charge < -0.3 is 10.1 Å². The van der Waals surface area contributed by atoms with Gasteiger partial charge in [-0.3, -0.25) is 14.2 Å². The fourth-order valence-corrected chi connectivity index (χ4v) is 4.13. The molecule has 0 atom stereocenters. The maximum atomic E-state index is 13.4. The molecule has 0 bridgehead atoms. The summed E-state index contributed by atoms with van der Waals surface area (Å²) in [5.41, 5.74) is 1.91. The van der Waals surface area contributed by atoms with Crippen molar-refractivity contribution in [1.82, 2.24) is 14.9 Å². The molecule has 1 amide bonds. The number of nitrogens with zero attached hydrogens (tertiary/aromatic N) is 2. The van der Waals surface area contributed by atoms with Crippen LogP contribution in [0.4, 0.5) is 4.39 Å². The van der Waals surface area contributed by atoms with Crippen LogP contribution >= 0.6 is 11.8 Å². The van der Waals surface area contributed by atoms with Gasteiger partial charge in [0.05, 0.1) is 35.0 Å². The Morgan fingerprint density at radius 1 is 1.03 bits per heavy atom. The number of methoxy groups -OCH3 is 1. The third-order valence-electron chi connectivity index (χ3n) is 5.03. The lowest BCUT2D eigenvalue weighted by molar-refractivity contribution is -0.118. The topological polar surface area (TPSA) is 90.3 Å². The summed E-state index contributed by atoms with van der Waals surface area (Å²) in [5, 5.41) is 3.56. The molecule has 0 aliphatic heterocycles. The molecule has 1 aromatic heterocycles. The first kappa shape index (κ1) is 23.2. The third kappa shape index (κ3) is 5.15. The summed E-state index contributed by atoms with van der Waals surface area (Å²) in [5.74, 6) is -1.08. The third-order valence-corrected chi connectivity index (χ3v) is 5.97. The number of amides is 1. The Kier molecular flexibility index (Phi) is 7.03. The number of hydrogen-bond acceptors (Lipinski definition) is 6. The number of benzene rings is 3. The van der Waals surface area contributed by atoms with E-state index in [1.54, 1.807) is 48.5 Å². The van der Waals surface area contributed by atoms with Crippen LogP contribution in [-0.4, -0.2) is 34.3 Å². The van der Waals surface area contributed by atoms with Crippen LogP contribution in [0.5, 0.6) is 0 Å². The molecule has 4 aromatic rings. The van der Waals surface area contributed by atoms with E-state index in [1.165, 1.54) is 35.9 Å². The van der Waals surface area contributed by atoms with Crippen molar-refractivity contribution in [2.24, 2.45) is 0 Å². The predicted octanol–water partition coefficient (Wildman–Crippen LogP) is 3.72. The second-order valence-corrected chi connectivity index (χ2v) is 8.22. The maximum absolute atomic E-state index is 13.4. The van der Waals surface area contributed by atoms with Gasteiger partial charge in [-0.05, 0) is 54.1 Å². The Morgan fingerprint density at radius 2 is 1.74 bits per heavy atom. The summed E-state index contributed by atoms with van der Waals surface area (Å²) >= 11 is 1.11. The van der Waals surface area contributed by atoms with Crippen molar-refractivity contribution in [3.63, 3.8) is 0 Å². The molecule has 172 valence electrons. The molecule has 0 spiro atoms. The highest BCUT2D eigenvalue weighted by atomic mass is 32.2. The zero-order valence-electron chi connectivity index (χ0n) is 18.2. The first-order chi connectivity index (χ1) is 16.5. The summed E-state index contributed by atoms with van der Waals surface area (Å²) in [4.78, 5) is 41.7. The average Bonchev–Trinajstić information content (AvgIpc) is 2.87. The van der Waals surface area contributed by atoms with E-state index in [0.717, 1.165) is 17.3 Å². The lowest BCUT2D eigenvalue weighted by Crippen LogP contribution is -2.26. The number of nitrogens with one attached hydrogen (secondary N) is 1. The lowest BCUT2D eigenvalue weighted by atomic mass is 10.1. The normalized spacial score (nSPS) is 10.8. The van der Waals surface area contributed by atoms with Crippen LogP contribution in [0.25, 0.3) is 16.6 Å². The molecule has 0 fully saturated rings. The number of carbonyl (C=O) groups is 2. The summed E-state index contributed by atoms with van der Waals surface area (Å²) in [6.45, 7) is 0.275. The second-order valence-electron chi connectivity index (χ2n) is 7.28. The maximum Gasteiger partial charge on any atom is 0.337 e. The Balaban J connectivity index is 1.50. The van der Waals surface area contributed by atoms with Gasteiger partial charge in [-0.1, -0.05) is 36.0 Å². The van der Waals surface area contributed by atoms with Crippen molar-refractivity contribution in [3.05, 3.63) is 100 Å². The van der Waals surface area contributed by atoms with Crippen LogP contribution in [0.2, 0.25) is 0 Å². The molecule has 0 saturated carbocycles. The van der Waals surface area contributed by atoms with Crippen LogP contribution in [0, 0.1) is 5.82 Å². The van der Waals surface area contributed by atoms with Gasteiger partial charge in [-0.15, -0.1) is 0 Å². The van der Waals surface area contributed by atoms with E-state index in [1.807, 2.05) is 0 Å². The Labute approximate surface area is 198 Å². The van der Waals surface area contributed by atoms with E-state index in [0.29, 0.717) is 27.3 Å². The number of carbonyl (C=O) groups excluding carboxylic acids is 2. The van der Waals surface area contributed by atoms with Crippen LogP contribution in [0.1, 0.15) is 15.9 Å². The highest BCUT2D eigenvalue weighted by Crippen LogP contribution is 2.21. The largest absolute Gasteiger partial charge is 0.465 e. The Morgan fingerprint density at radius 3 is 2.44 bits per heavy atom. The predicted molar refractivity (Wildman–Crippen MR) is 128 cm³/mol. The first-order valence-electron chi connectivity index (χ1n) is 10.3. The van der Waals surface area contributed by atoms with E-state index in [-0.39, 0.29) is 23.8 Å². The molecule has 7 nitrogen and oxygen atoms in total. The van der Waals surface area contributed by atoms with Gasteiger partial charge in [0.25, 0.3) is 5.56 Å². The van der Waals surface area contributed by atoms with Crippen LogP contribution < -0.4 is 10.9 Å². The van der Waals surface area contributed by atoms with Crippen LogP contribution in [0.3, 0.4) is 0 Å². The van der Waals surface area contributed by atoms with Crippen molar-refractivity contribution in [2.45, 2.75) is 11.7 Å². The molecule has 34 heavy (non-hydrogen) atoms. The standard InChI is InChI=1S/C25H20FN3O4S/c1-33-24(32)17-8-6-16(7-9-17)14-27-22(30)15-34-25-28-21-5-3-2-4-20(21)23(31)29(25)19-12-10-18(26)11-13-19/h2-13H,14-15H2,1H3,(H,27,30). The summed E-state index contributed by atoms with van der Waals surface area (Å²) in [6, 6.07) is 19.2. The molecule has 0 radical (unpaired) electrons. The number of fused-ring (bicyclic) bond motifs is 1. The number of ether oxygens (including phenoxy) is 1. The lowest BCUT2D eigenvalue weighted by Gasteiger charge is -2.13. The molecule has 4 rings (SSSR count). The minimum Gasteiger partial charge on any atom is -0.465 e. The van der Waals surface area contributed by atoms with Crippen molar-refractivity contribution in [1.29, 1.82) is 0 Å². The summed E-state index contributed by atoms with van der Waals surface area (Å²) in [6.07, 6.45) is 0. The number of para-hydroxylation sites is 1. The monoisotopic (exact) mass is 477 g/mol. The van der Waals surface area contributed by atoms with Gasteiger partial charge in [0, 0.05) is 6.54 Å². The molecule has 1 N–H and O–H groups in total. The summed E-state index contributed by atoms with van der Waals surface area (Å²) < 4.78 is 19.5. The van der Waals surface area contributed by atoms with Crippen molar-refractivity contribution in [3.8, 4) is 5.69 Å². The van der Waals surface area contributed by atoms with Crippen molar-refractivity contribution < 1.29 is 18.7 Å². The van der Waals surface area contributed by atoms with Gasteiger partial charge in [0.15, 0.2) is 5.16 Å². The Hall–Kier alpha value is -3.98. The van der Waals surface area contributed by atoms with E-state index in [4.69, 9.17) is 0 Å². The molecular formula is C25H20FN3O4S. The number of rotatable bonds is 7. The molecule has 9 heteroatoms. The molecular weight excluding hydrogens is 457 g/mol. The second kappa shape index (κ2) is 10.3. The fraction of sp³-hybridized carbons (Fsp3) is 0.120. The van der Waals surface area contributed by atoms with Crippen LogP contribution in [0.15, 0.2) is 82.7 Å². The molecule has 3 aromatic carbocycles. The fourth-order valence-electron chi connectivity index (χ4n) is 3.29. The van der Waals surface area contributed by atoms with Gasteiger partial charge in [0.1, 0.15) is 5.82 Å². The quantitative estimate of drug-likeness (QED) is 0.248. The number of hydrogen-bond donors (Lipinski definition) is 1. The molecule has 0 saturated heterocycles. The highest BCUT2D eigenvalue weighted by Gasteiger charge is 2.15. The van der Waals surface area contributed by atoms with Gasteiger partial charge in [-0.25, -0.2) is 14.2 Å². The van der Waals surface area contributed by atoms with E-state index >= 15 is 0 Å². The van der Waals surface area contributed by atoms with E-state index in [2.05, 4.69) is 15.0 Å². The molecule has 0 aliphatic rings. The zero-order valence-corrected chi connectivity index (χ0v) is 19.0. The molecule has 0 aliphatic carbocycles. The minimum absolute atomic E-state index is 0.0201. The summed E-state index contributed by atoms with van der Waals surface area (Å²) in [7, 11) is 1.31. The average molecular weight is 478 g/mol. The van der Waals surface area contributed by atoms with Gasteiger partial charge >= 0.3 is 5.97 Å². The van der Waals surface area contributed by atoms with Gasteiger partial charge in [0.2, 0.25) is 5.91 Å². The minimum atomic E-state index is -0.429. The van der Waals surface area contributed by atoms with Gasteiger partial charge in [-0.2, -0.15) is 0 Å². The number of esters is 1. The molecule has 1 heterocycles. The SMILES string of the molecule is COC(=O)c1ccc(CNC(=O)CSc2nc3ccccc3c(=O)n2-c2ccc(F)cc2)cc1. The number of halogens is 1. The van der Waals surface area contributed by atoms with E-state index < -0.39 is 11.8 Å². The Bertz CT molecular complexity index is 1400. The highest BCUT2D eigenvalue weighted by molar-refractivity contribution is 7.99. The van der Waals surface area contributed by atoms with Crippen molar-refractivity contribution in [2.75, 3.05) is 12.9 Å². The van der Waals surface area contributed by atoms with E-state index in [9.17, 15) is 18.8 Å². The number of aromatic nitrogens is 2.